The van der Waals surface area contributed by atoms with Gasteiger partial charge in [0.25, 0.3) is 11.6 Å². The van der Waals surface area contributed by atoms with Gasteiger partial charge in [-0.3, -0.25) is 19.8 Å². The number of nitro benzene ring substituents is 1. The third kappa shape index (κ3) is 5.14. The Morgan fingerprint density at radius 1 is 1.23 bits per heavy atom. The number of hydrogen-bond acceptors (Lipinski definition) is 6. The summed E-state index contributed by atoms with van der Waals surface area (Å²) in [4.78, 5) is 26.3. The van der Waals surface area contributed by atoms with Crippen molar-refractivity contribution in [1.29, 1.82) is 0 Å². The molecule has 8 heteroatoms. The van der Waals surface area contributed by atoms with Crippen LogP contribution in [0.2, 0.25) is 0 Å². The summed E-state index contributed by atoms with van der Waals surface area (Å²) in [6.07, 6.45) is 4.30. The number of ether oxygens (including phenoxy) is 1. The van der Waals surface area contributed by atoms with E-state index in [4.69, 9.17) is 4.74 Å². The maximum atomic E-state index is 12.8. The minimum atomic E-state index is -0.440. The molecule has 0 bridgehead atoms. The fourth-order valence-corrected chi connectivity index (χ4v) is 4.04. The lowest BCUT2D eigenvalue weighted by Crippen LogP contribution is -2.36. The maximum absolute atomic E-state index is 12.8. The van der Waals surface area contributed by atoms with Crippen LogP contribution in [-0.4, -0.2) is 48.5 Å². The average Bonchev–Trinajstić information content (AvgIpc) is 3.43. The van der Waals surface area contributed by atoms with Crippen molar-refractivity contribution in [3.63, 3.8) is 0 Å². The van der Waals surface area contributed by atoms with Gasteiger partial charge in [-0.25, -0.2) is 0 Å². The van der Waals surface area contributed by atoms with Gasteiger partial charge in [0, 0.05) is 24.2 Å². The van der Waals surface area contributed by atoms with Crippen LogP contribution in [0, 0.1) is 10.1 Å². The second-order valence-corrected chi connectivity index (χ2v) is 8.15. The van der Waals surface area contributed by atoms with E-state index < -0.39 is 4.92 Å². The highest BCUT2D eigenvalue weighted by Crippen LogP contribution is 2.32. The van der Waals surface area contributed by atoms with Crippen molar-refractivity contribution in [3.05, 3.63) is 63.7 Å². The van der Waals surface area contributed by atoms with Gasteiger partial charge in [-0.05, 0) is 68.6 Å². The summed E-state index contributed by atoms with van der Waals surface area (Å²) >= 11 is 0. The average molecular weight is 425 g/mol. The molecular formula is C23H28N4O4. The smallest absolute Gasteiger partial charge is 0.293 e. The zero-order valence-electron chi connectivity index (χ0n) is 17.7. The number of amides is 1. The molecule has 2 N–H and O–H groups in total. The van der Waals surface area contributed by atoms with Crippen molar-refractivity contribution in [2.45, 2.75) is 37.8 Å². The van der Waals surface area contributed by atoms with E-state index in [0.717, 1.165) is 50.1 Å². The second-order valence-electron chi connectivity index (χ2n) is 8.15. The molecule has 4 rings (SSSR count). The Morgan fingerprint density at radius 3 is 2.68 bits per heavy atom. The number of rotatable bonds is 9. The SMILES string of the molecule is COc1cccc([C@H](CNC(=O)c2ccc(NC3CC3)c([N+](=O)[O-])c2)N2CCCC2)c1. The molecule has 1 heterocycles. The Bertz CT molecular complexity index is 954. The quantitative estimate of drug-likeness (QED) is 0.470. The van der Waals surface area contributed by atoms with Gasteiger partial charge >= 0.3 is 0 Å². The van der Waals surface area contributed by atoms with Gasteiger partial charge in [-0.15, -0.1) is 0 Å². The van der Waals surface area contributed by atoms with Crippen molar-refractivity contribution in [2.24, 2.45) is 0 Å². The minimum Gasteiger partial charge on any atom is -0.497 e. The zero-order chi connectivity index (χ0) is 21.8. The third-order valence-corrected chi connectivity index (χ3v) is 5.91. The number of hydrogen-bond donors (Lipinski definition) is 2. The summed E-state index contributed by atoms with van der Waals surface area (Å²) in [5.41, 5.74) is 1.77. The number of carbonyl (C=O) groups is 1. The largest absolute Gasteiger partial charge is 0.497 e. The van der Waals surface area contributed by atoms with Crippen LogP contribution in [-0.2, 0) is 0 Å². The topological polar surface area (TPSA) is 96.7 Å². The standard InChI is InChI=1S/C23H28N4O4/c1-31-19-6-4-5-16(13-19)22(26-11-2-3-12-26)15-24-23(28)17-7-10-20(25-18-8-9-18)21(14-17)27(29)30/h4-7,10,13-14,18,22,25H,2-3,8-9,11-12,15H2,1H3,(H,24,28)/t22-/m0/s1. The van der Waals surface area contributed by atoms with Crippen LogP contribution in [0.5, 0.6) is 5.75 Å². The molecule has 2 aromatic rings. The van der Waals surface area contributed by atoms with E-state index in [1.165, 1.54) is 6.07 Å². The number of likely N-dealkylation sites (tertiary alicyclic amines) is 1. The van der Waals surface area contributed by atoms with E-state index in [9.17, 15) is 14.9 Å². The highest BCUT2D eigenvalue weighted by molar-refractivity contribution is 5.95. The maximum Gasteiger partial charge on any atom is 0.293 e. The van der Waals surface area contributed by atoms with Crippen LogP contribution in [0.1, 0.15) is 47.6 Å². The molecule has 1 saturated heterocycles. The highest BCUT2D eigenvalue weighted by atomic mass is 16.6. The van der Waals surface area contributed by atoms with E-state index in [-0.39, 0.29) is 17.6 Å². The number of nitro groups is 1. The van der Waals surface area contributed by atoms with Gasteiger partial charge in [0.05, 0.1) is 18.1 Å². The number of methoxy groups -OCH3 is 1. The van der Waals surface area contributed by atoms with Crippen LogP contribution in [0.15, 0.2) is 42.5 Å². The fourth-order valence-electron chi connectivity index (χ4n) is 4.04. The Kier molecular flexibility index (Phi) is 6.36. The summed E-state index contributed by atoms with van der Waals surface area (Å²) in [5, 5.41) is 17.6. The number of carbonyl (C=O) groups excluding carboxylic acids is 1. The van der Waals surface area contributed by atoms with Crippen molar-refractivity contribution >= 4 is 17.3 Å². The fraction of sp³-hybridized carbons (Fsp3) is 0.435. The van der Waals surface area contributed by atoms with Crippen molar-refractivity contribution in [1.82, 2.24) is 10.2 Å². The molecule has 1 aliphatic carbocycles. The third-order valence-electron chi connectivity index (χ3n) is 5.91. The first-order valence-corrected chi connectivity index (χ1v) is 10.8. The van der Waals surface area contributed by atoms with Gasteiger partial charge in [0.1, 0.15) is 11.4 Å². The van der Waals surface area contributed by atoms with Gasteiger partial charge < -0.3 is 15.4 Å². The minimum absolute atomic E-state index is 0.0207. The predicted molar refractivity (Wildman–Crippen MR) is 119 cm³/mol. The first kappa shape index (κ1) is 21.1. The number of anilines is 1. The molecule has 1 amide bonds. The molecule has 0 radical (unpaired) electrons. The summed E-state index contributed by atoms with van der Waals surface area (Å²) < 4.78 is 5.37. The van der Waals surface area contributed by atoms with Crippen LogP contribution < -0.4 is 15.4 Å². The molecule has 2 aromatic carbocycles. The first-order chi connectivity index (χ1) is 15.0. The summed E-state index contributed by atoms with van der Waals surface area (Å²) in [6, 6.07) is 12.8. The molecule has 2 aliphatic rings. The monoisotopic (exact) mass is 424 g/mol. The molecule has 31 heavy (non-hydrogen) atoms. The van der Waals surface area contributed by atoms with Crippen LogP contribution >= 0.6 is 0 Å². The molecule has 8 nitrogen and oxygen atoms in total. The molecule has 1 aliphatic heterocycles. The van der Waals surface area contributed by atoms with Crippen molar-refractivity contribution in [3.8, 4) is 5.75 Å². The summed E-state index contributed by atoms with van der Waals surface area (Å²) in [5.74, 6) is 0.468. The van der Waals surface area contributed by atoms with Gasteiger partial charge in [0.2, 0.25) is 0 Å². The molecule has 0 unspecified atom stereocenters. The molecule has 2 fully saturated rings. The molecule has 0 aromatic heterocycles. The number of benzene rings is 2. The van der Waals surface area contributed by atoms with E-state index >= 15 is 0 Å². The first-order valence-electron chi connectivity index (χ1n) is 10.8. The van der Waals surface area contributed by atoms with E-state index in [1.807, 2.05) is 24.3 Å². The molecule has 0 spiro atoms. The Labute approximate surface area is 181 Å². The lowest BCUT2D eigenvalue weighted by molar-refractivity contribution is -0.384. The van der Waals surface area contributed by atoms with Gasteiger partial charge in [-0.2, -0.15) is 0 Å². The second kappa shape index (κ2) is 9.34. The molecule has 1 saturated carbocycles. The number of nitrogens with one attached hydrogen (secondary N) is 2. The van der Waals surface area contributed by atoms with Crippen molar-refractivity contribution < 1.29 is 14.5 Å². The van der Waals surface area contributed by atoms with Crippen LogP contribution in [0.25, 0.3) is 0 Å². The van der Waals surface area contributed by atoms with E-state index in [2.05, 4.69) is 15.5 Å². The van der Waals surface area contributed by atoms with Gasteiger partial charge in [-0.1, -0.05) is 12.1 Å². The predicted octanol–water partition coefficient (Wildman–Crippen LogP) is 3.74. The van der Waals surface area contributed by atoms with Crippen LogP contribution in [0.4, 0.5) is 11.4 Å². The Morgan fingerprint density at radius 2 is 2.00 bits per heavy atom. The van der Waals surface area contributed by atoms with E-state index in [0.29, 0.717) is 23.8 Å². The normalized spacial score (nSPS) is 17.2. The summed E-state index contributed by atoms with van der Waals surface area (Å²) in [6.45, 7) is 2.37. The Hall–Kier alpha value is -3.13. The van der Waals surface area contributed by atoms with Crippen molar-refractivity contribution in [2.75, 3.05) is 32.1 Å². The lowest BCUT2D eigenvalue weighted by Gasteiger charge is -2.28. The van der Waals surface area contributed by atoms with Gasteiger partial charge in [0.15, 0.2) is 0 Å². The molecule has 164 valence electrons. The van der Waals surface area contributed by atoms with E-state index in [1.54, 1.807) is 19.2 Å². The highest BCUT2D eigenvalue weighted by Gasteiger charge is 2.27. The zero-order valence-corrected chi connectivity index (χ0v) is 17.7. The Balaban J connectivity index is 1.49. The molecule has 1 atom stereocenters. The molecular weight excluding hydrogens is 396 g/mol. The van der Waals surface area contributed by atoms with Crippen LogP contribution in [0.3, 0.4) is 0 Å². The lowest BCUT2D eigenvalue weighted by atomic mass is 10.0. The number of nitrogens with zero attached hydrogens (tertiary/aromatic N) is 2. The summed E-state index contributed by atoms with van der Waals surface area (Å²) in [7, 11) is 1.64.